The summed E-state index contributed by atoms with van der Waals surface area (Å²) in [6.07, 6.45) is 1.68. The van der Waals surface area contributed by atoms with Crippen LogP contribution >= 0.6 is 0 Å². The predicted molar refractivity (Wildman–Crippen MR) is 94.8 cm³/mol. The maximum Gasteiger partial charge on any atom is 0.415 e. The fraction of sp³-hybridized carbons (Fsp3) is 0.250. The molecular formula is C20H20N2O3. The summed E-state index contributed by atoms with van der Waals surface area (Å²) in [6, 6.07) is 15.4. The van der Waals surface area contributed by atoms with E-state index in [4.69, 9.17) is 9.15 Å². The van der Waals surface area contributed by atoms with Gasteiger partial charge in [-0.3, -0.25) is 4.79 Å². The van der Waals surface area contributed by atoms with Gasteiger partial charge in [0.1, 0.15) is 0 Å². The third-order valence-corrected chi connectivity index (χ3v) is 4.02. The monoisotopic (exact) mass is 336 g/mol. The molecule has 3 aromatic rings. The van der Waals surface area contributed by atoms with Crippen LogP contribution in [-0.4, -0.2) is 22.6 Å². The summed E-state index contributed by atoms with van der Waals surface area (Å²) in [4.78, 5) is 12.5. The summed E-state index contributed by atoms with van der Waals surface area (Å²) < 4.78 is 10.9. The van der Waals surface area contributed by atoms with E-state index in [1.165, 1.54) is 0 Å². The van der Waals surface area contributed by atoms with E-state index in [0.717, 1.165) is 29.5 Å². The van der Waals surface area contributed by atoms with Crippen LogP contribution in [-0.2, 0) is 12.8 Å². The van der Waals surface area contributed by atoms with Crippen molar-refractivity contribution in [2.75, 3.05) is 6.61 Å². The van der Waals surface area contributed by atoms with Crippen LogP contribution in [0.5, 0.6) is 6.08 Å². The molecule has 0 aliphatic rings. The number of carbonyl (C=O) groups excluding carboxylic acids is 1. The quantitative estimate of drug-likeness (QED) is 0.607. The summed E-state index contributed by atoms with van der Waals surface area (Å²) in [5.74, 6) is 0.275. The van der Waals surface area contributed by atoms with Gasteiger partial charge in [-0.1, -0.05) is 49.3 Å². The Morgan fingerprint density at radius 3 is 2.56 bits per heavy atom. The van der Waals surface area contributed by atoms with Crippen LogP contribution in [0.2, 0.25) is 0 Å². The number of ether oxygens (including phenoxy) is 1. The molecule has 3 rings (SSSR count). The number of nitrogens with zero attached hydrogens (tertiary/aromatic N) is 2. The number of benzene rings is 2. The van der Waals surface area contributed by atoms with Gasteiger partial charge in [0.25, 0.3) is 5.89 Å². The Morgan fingerprint density at radius 2 is 1.84 bits per heavy atom. The highest BCUT2D eigenvalue weighted by atomic mass is 16.6. The minimum atomic E-state index is -0.128. The Bertz CT molecular complexity index is 856. The number of carbonyl (C=O) groups is 1. The lowest BCUT2D eigenvalue weighted by Gasteiger charge is -2.09. The van der Waals surface area contributed by atoms with Crippen LogP contribution in [0.15, 0.2) is 52.9 Å². The molecule has 0 amide bonds. The molecule has 0 radical (unpaired) electrons. The highest BCUT2D eigenvalue weighted by Gasteiger charge is 2.15. The van der Waals surface area contributed by atoms with Gasteiger partial charge in [-0.2, -0.15) is 0 Å². The standard InChI is InChI=1S/C20H20N2O3/c1-3-14-10-11-15(4-2)17(12-14)18(23)13-24-20-22-21-19(25-20)16-8-6-5-7-9-16/h5-12H,3-4,13H2,1-2H3. The Hall–Kier alpha value is -2.95. The number of hydrogen-bond acceptors (Lipinski definition) is 5. The van der Waals surface area contributed by atoms with Gasteiger partial charge in [0, 0.05) is 11.1 Å². The predicted octanol–water partition coefficient (Wildman–Crippen LogP) is 4.12. The molecule has 128 valence electrons. The van der Waals surface area contributed by atoms with Crippen molar-refractivity contribution >= 4 is 5.78 Å². The van der Waals surface area contributed by atoms with Crippen molar-refractivity contribution in [3.63, 3.8) is 0 Å². The van der Waals surface area contributed by atoms with Gasteiger partial charge in [-0.15, -0.1) is 5.10 Å². The molecule has 0 saturated heterocycles. The van der Waals surface area contributed by atoms with Crippen molar-refractivity contribution in [2.24, 2.45) is 0 Å². The van der Waals surface area contributed by atoms with Crippen molar-refractivity contribution in [3.8, 4) is 17.5 Å². The van der Waals surface area contributed by atoms with Crippen molar-refractivity contribution in [1.82, 2.24) is 10.2 Å². The summed E-state index contributed by atoms with van der Waals surface area (Å²) in [7, 11) is 0. The molecule has 0 fully saturated rings. The molecule has 0 atom stereocenters. The maximum atomic E-state index is 12.5. The highest BCUT2D eigenvalue weighted by Crippen LogP contribution is 2.21. The van der Waals surface area contributed by atoms with Crippen LogP contribution < -0.4 is 4.74 Å². The van der Waals surface area contributed by atoms with Crippen molar-refractivity contribution in [2.45, 2.75) is 26.7 Å². The number of Topliss-reactive ketones (excluding diaryl/α,β-unsaturated/α-hetero) is 1. The first-order chi connectivity index (χ1) is 12.2. The van der Waals surface area contributed by atoms with E-state index in [0.29, 0.717) is 11.5 Å². The Kier molecular flexibility index (Phi) is 5.23. The molecule has 1 aromatic heterocycles. The van der Waals surface area contributed by atoms with Gasteiger partial charge in [-0.25, -0.2) is 0 Å². The van der Waals surface area contributed by atoms with Gasteiger partial charge in [0.15, 0.2) is 6.61 Å². The number of hydrogen-bond donors (Lipinski definition) is 0. The molecule has 0 aliphatic heterocycles. The first-order valence-electron chi connectivity index (χ1n) is 8.38. The molecule has 0 bridgehead atoms. The van der Waals surface area contributed by atoms with Crippen LogP contribution in [0, 0.1) is 0 Å². The molecule has 5 heteroatoms. The van der Waals surface area contributed by atoms with E-state index in [2.05, 4.69) is 23.2 Å². The minimum Gasteiger partial charge on any atom is -0.441 e. The third kappa shape index (κ3) is 3.94. The van der Waals surface area contributed by atoms with Crippen molar-refractivity contribution < 1.29 is 13.9 Å². The average Bonchev–Trinajstić information content (AvgIpc) is 3.15. The summed E-state index contributed by atoms with van der Waals surface area (Å²) >= 11 is 0. The van der Waals surface area contributed by atoms with Crippen LogP contribution in [0.1, 0.15) is 35.3 Å². The summed E-state index contributed by atoms with van der Waals surface area (Å²) in [6.45, 7) is 3.97. The number of aryl methyl sites for hydroxylation is 2. The fourth-order valence-electron chi connectivity index (χ4n) is 2.58. The van der Waals surface area contributed by atoms with E-state index in [1.54, 1.807) is 0 Å². The van der Waals surface area contributed by atoms with E-state index >= 15 is 0 Å². The van der Waals surface area contributed by atoms with E-state index in [1.807, 2.05) is 49.4 Å². The lowest BCUT2D eigenvalue weighted by Crippen LogP contribution is -2.14. The van der Waals surface area contributed by atoms with E-state index in [9.17, 15) is 4.79 Å². The number of ketones is 1. The zero-order chi connectivity index (χ0) is 17.6. The molecular weight excluding hydrogens is 316 g/mol. The number of aromatic nitrogens is 2. The summed E-state index contributed by atoms with van der Waals surface area (Å²) in [5, 5.41) is 7.79. The second-order valence-electron chi connectivity index (χ2n) is 5.65. The van der Waals surface area contributed by atoms with Crippen LogP contribution in [0.3, 0.4) is 0 Å². The van der Waals surface area contributed by atoms with Gasteiger partial charge >= 0.3 is 6.08 Å². The Labute approximate surface area is 146 Å². The zero-order valence-electron chi connectivity index (χ0n) is 14.4. The highest BCUT2D eigenvalue weighted by molar-refractivity contribution is 5.98. The Morgan fingerprint density at radius 1 is 1.04 bits per heavy atom. The lowest BCUT2D eigenvalue weighted by atomic mass is 9.98. The molecule has 0 N–H and O–H groups in total. The van der Waals surface area contributed by atoms with Gasteiger partial charge in [0.2, 0.25) is 5.78 Å². The van der Waals surface area contributed by atoms with Crippen molar-refractivity contribution in [1.29, 1.82) is 0 Å². The smallest absolute Gasteiger partial charge is 0.415 e. The summed E-state index contributed by atoms with van der Waals surface area (Å²) in [5.41, 5.74) is 3.65. The first-order valence-corrected chi connectivity index (χ1v) is 8.38. The fourth-order valence-corrected chi connectivity index (χ4v) is 2.58. The van der Waals surface area contributed by atoms with Gasteiger partial charge in [-0.05, 0) is 42.2 Å². The van der Waals surface area contributed by atoms with Crippen molar-refractivity contribution in [3.05, 3.63) is 65.2 Å². The molecule has 2 aromatic carbocycles. The molecule has 5 nitrogen and oxygen atoms in total. The maximum absolute atomic E-state index is 12.5. The second kappa shape index (κ2) is 7.75. The largest absolute Gasteiger partial charge is 0.441 e. The minimum absolute atomic E-state index is 0.00287. The molecule has 0 aliphatic carbocycles. The second-order valence-corrected chi connectivity index (χ2v) is 5.65. The molecule has 0 unspecified atom stereocenters. The third-order valence-electron chi connectivity index (χ3n) is 4.02. The zero-order valence-corrected chi connectivity index (χ0v) is 14.4. The van der Waals surface area contributed by atoms with E-state index in [-0.39, 0.29) is 18.5 Å². The lowest BCUT2D eigenvalue weighted by molar-refractivity contribution is 0.0893. The molecule has 0 saturated carbocycles. The van der Waals surface area contributed by atoms with Crippen LogP contribution in [0.25, 0.3) is 11.5 Å². The average molecular weight is 336 g/mol. The van der Waals surface area contributed by atoms with Gasteiger partial charge in [0.05, 0.1) is 0 Å². The normalized spacial score (nSPS) is 10.6. The van der Waals surface area contributed by atoms with Crippen LogP contribution in [0.4, 0.5) is 0 Å². The molecule has 0 spiro atoms. The van der Waals surface area contributed by atoms with Gasteiger partial charge < -0.3 is 9.15 Å². The molecule has 25 heavy (non-hydrogen) atoms. The number of rotatable bonds is 7. The first kappa shape index (κ1) is 16.9. The Balaban J connectivity index is 1.70. The SMILES string of the molecule is CCc1ccc(CC)c(C(=O)COc2nnc(-c3ccccc3)o2)c1. The van der Waals surface area contributed by atoms with E-state index < -0.39 is 0 Å². The topological polar surface area (TPSA) is 65.2 Å². The molecule has 1 heterocycles.